The molecule has 6 heteroatoms. The summed E-state index contributed by atoms with van der Waals surface area (Å²) in [7, 11) is 0. The first kappa shape index (κ1) is 15.9. The molecule has 25 heavy (non-hydrogen) atoms. The number of nitrogens with zero attached hydrogens (tertiary/aromatic N) is 2. The largest absolute Gasteiger partial charge is 0.492 e. The number of rotatable bonds is 3. The Labute approximate surface area is 154 Å². The van der Waals surface area contributed by atoms with Gasteiger partial charge in [0.2, 0.25) is 5.88 Å². The lowest BCUT2D eigenvalue weighted by Gasteiger charge is -2.01. The van der Waals surface area contributed by atoms with Crippen LogP contribution in [0.2, 0.25) is 5.02 Å². The molecule has 0 radical (unpaired) electrons. The molecule has 124 valence electrons. The van der Waals surface area contributed by atoms with E-state index in [2.05, 4.69) is 15.3 Å². The standard InChI is InChI=1S/C19H14ClN3OS/c1-11-15(14-4-2-3-5-16(14)21-11)10-17-18(24)23-19(25-17)22-13-8-6-12(20)7-9-13/h2-10,24H,1H3,(H,22,23)/b15-10-. The minimum atomic E-state index is 0.00569. The van der Waals surface area contributed by atoms with Crippen molar-refractivity contribution in [2.75, 3.05) is 5.32 Å². The molecule has 0 amide bonds. The molecule has 0 saturated heterocycles. The van der Waals surface area contributed by atoms with E-state index in [1.807, 2.05) is 49.4 Å². The zero-order chi connectivity index (χ0) is 17.4. The third-order valence-electron chi connectivity index (χ3n) is 3.88. The van der Waals surface area contributed by atoms with Crippen LogP contribution < -0.4 is 5.32 Å². The van der Waals surface area contributed by atoms with Gasteiger partial charge in [-0.3, -0.25) is 4.99 Å². The Morgan fingerprint density at radius 2 is 1.88 bits per heavy atom. The van der Waals surface area contributed by atoms with Crippen LogP contribution in [-0.4, -0.2) is 15.8 Å². The maximum absolute atomic E-state index is 10.2. The van der Waals surface area contributed by atoms with Crippen molar-refractivity contribution in [2.45, 2.75) is 6.92 Å². The Hall–Kier alpha value is -2.63. The van der Waals surface area contributed by atoms with Gasteiger partial charge in [0.1, 0.15) is 0 Å². The van der Waals surface area contributed by atoms with Crippen molar-refractivity contribution >= 4 is 56.8 Å². The minimum absolute atomic E-state index is 0.00569. The Morgan fingerprint density at radius 3 is 2.68 bits per heavy atom. The monoisotopic (exact) mass is 367 g/mol. The molecule has 3 aromatic rings. The number of allylic oxidation sites excluding steroid dienone is 1. The number of thiazole rings is 1. The van der Waals surface area contributed by atoms with Crippen molar-refractivity contribution in [1.29, 1.82) is 0 Å². The van der Waals surface area contributed by atoms with Gasteiger partial charge in [0, 0.05) is 27.6 Å². The molecule has 0 atom stereocenters. The van der Waals surface area contributed by atoms with Gasteiger partial charge in [-0.15, -0.1) is 0 Å². The number of hydrogen-bond donors (Lipinski definition) is 2. The molecular formula is C19H14ClN3OS. The Bertz CT molecular complexity index is 1010. The summed E-state index contributed by atoms with van der Waals surface area (Å²) in [6.07, 6.45) is 1.94. The van der Waals surface area contributed by atoms with Gasteiger partial charge in [0.25, 0.3) is 0 Å². The lowest BCUT2D eigenvalue weighted by atomic mass is 10.0. The number of fused-ring (bicyclic) bond motifs is 1. The molecule has 0 saturated carbocycles. The molecule has 4 rings (SSSR count). The summed E-state index contributed by atoms with van der Waals surface area (Å²) in [4.78, 5) is 9.45. The number of aliphatic imine (C=N–C) groups is 1. The topological polar surface area (TPSA) is 57.5 Å². The Balaban J connectivity index is 1.65. The second-order valence-corrected chi connectivity index (χ2v) is 7.08. The molecule has 0 bridgehead atoms. The van der Waals surface area contributed by atoms with Crippen molar-refractivity contribution < 1.29 is 5.11 Å². The first-order valence-corrected chi connectivity index (χ1v) is 8.89. The first-order chi connectivity index (χ1) is 12.1. The summed E-state index contributed by atoms with van der Waals surface area (Å²) in [5, 5.41) is 14.7. The summed E-state index contributed by atoms with van der Waals surface area (Å²) < 4.78 is 0. The fourth-order valence-electron chi connectivity index (χ4n) is 2.68. The van der Waals surface area contributed by atoms with E-state index >= 15 is 0 Å². The number of halogens is 1. The molecule has 1 aliphatic rings. The van der Waals surface area contributed by atoms with E-state index < -0.39 is 0 Å². The lowest BCUT2D eigenvalue weighted by molar-refractivity contribution is 0.457. The molecule has 1 aromatic heterocycles. The van der Waals surface area contributed by atoms with Crippen molar-refractivity contribution in [1.82, 2.24) is 4.98 Å². The molecule has 0 fully saturated rings. The smallest absolute Gasteiger partial charge is 0.231 e. The fourth-order valence-corrected chi connectivity index (χ4v) is 3.63. The quantitative estimate of drug-likeness (QED) is 0.606. The lowest BCUT2D eigenvalue weighted by Crippen LogP contribution is -1.89. The van der Waals surface area contributed by atoms with Gasteiger partial charge < -0.3 is 10.4 Å². The average Bonchev–Trinajstić information content (AvgIpc) is 3.10. The van der Waals surface area contributed by atoms with Crippen molar-refractivity contribution in [3.8, 4) is 5.88 Å². The Morgan fingerprint density at radius 1 is 1.12 bits per heavy atom. The average molecular weight is 368 g/mol. The molecule has 0 unspecified atom stereocenters. The summed E-state index contributed by atoms with van der Waals surface area (Å²) >= 11 is 7.28. The number of benzene rings is 2. The Kier molecular flexibility index (Phi) is 4.03. The molecule has 2 heterocycles. The highest BCUT2D eigenvalue weighted by molar-refractivity contribution is 7.16. The molecule has 0 aliphatic carbocycles. The van der Waals surface area contributed by atoms with Gasteiger partial charge in [-0.1, -0.05) is 41.1 Å². The van der Waals surface area contributed by atoms with Crippen LogP contribution in [0.1, 0.15) is 17.4 Å². The highest BCUT2D eigenvalue weighted by Crippen LogP contribution is 2.39. The van der Waals surface area contributed by atoms with Gasteiger partial charge in [0.15, 0.2) is 5.13 Å². The minimum Gasteiger partial charge on any atom is -0.492 e. The third kappa shape index (κ3) is 3.16. The predicted octanol–water partition coefficient (Wildman–Crippen LogP) is 5.89. The van der Waals surface area contributed by atoms with Crippen molar-refractivity contribution in [3.05, 3.63) is 64.0 Å². The van der Waals surface area contributed by atoms with Gasteiger partial charge in [0.05, 0.1) is 10.6 Å². The van der Waals surface area contributed by atoms with E-state index in [-0.39, 0.29) is 5.88 Å². The molecule has 1 aliphatic heterocycles. The van der Waals surface area contributed by atoms with Gasteiger partial charge in [-0.25, -0.2) is 0 Å². The highest BCUT2D eigenvalue weighted by Gasteiger charge is 2.18. The highest BCUT2D eigenvalue weighted by atomic mass is 35.5. The summed E-state index contributed by atoms with van der Waals surface area (Å²) in [5.74, 6) is 0.00569. The van der Waals surface area contributed by atoms with E-state index in [1.165, 1.54) is 11.3 Å². The van der Waals surface area contributed by atoms with Crippen molar-refractivity contribution in [2.24, 2.45) is 4.99 Å². The molecule has 2 N–H and O–H groups in total. The van der Waals surface area contributed by atoms with Gasteiger partial charge in [-0.2, -0.15) is 4.98 Å². The van der Waals surface area contributed by atoms with Crippen LogP contribution in [0.5, 0.6) is 5.88 Å². The zero-order valence-corrected chi connectivity index (χ0v) is 14.9. The number of aromatic hydroxyl groups is 1. The van der Waals surface area contributed by atoms with Gasteiger partial charge >= 0.3 is 0 Å². The van der Waals surface area contributed by atoms with Crippen LogP contribution in [0.3, 0.4) is 0 Å². The number of aromatic nitrogens is 1. The molecule has 2 aromatic carbocycles. The summed E-state index contributed by atoms with van der Waals surface area (Å²) in [6.45, 7) is 1.97. The van der Waals surface area contributed by atoms with Crippen LogP contribution in [0, 0.1) is 0 Å². The van der Waals surface area contributed by atoms with Crippen LogP contribution >= 0.6 is 22.9 Å². The zero-order valence-electron chi connectivity index (χ0n) is 13.3. The van der Waals surface area contributed by atoms with Crippen LogP contribution in [0.25, 0.3) is 11.6 Å². The summed E-state index contributed by atoms with van der Waals surface area (Å²) in [6, 6.07) is 15.3. The summed E-state index contributed by atoms with van der Waals surface area (Å²) in [5.41, 5.74) is 4.82. The normalized spacial score (nSPS) is 14.5. The second kappa shape index (κ2) is 6.35. The van der Waals surface area contributed by atoms with E-state index in [0.29, 0.717) is 15.0 Å². The number of hydrogen-bond acceptors (Lipinski definition) is 5. The first-order valence-electron chi connectivity index (χ1n) is 7.69. The molecular weight excluding hydrogens is 354 g/mol. The van der Waals surface area contributed by atoms with Crippen LogP contribution in [-0.2, 0) is 0 Å². The molecule has 0 spiro atoms. The van der Waals surface area contributed by atoms with Crippen LogP contribution in [0.15, 0.2) is 53.5 Å². The van der Waals surface area contributed by atoms with E-state index in [0.717, 1.165) is 28.2 Å². The number of para-hydroxylation sites is 1. The van der Waals surface area contributed by atoms with E-state index in [1.54, 1.807) is 12.1 Å². The predicted molar refractivity (Wildman–Crippen MR) is 106 cm³/mol. The van der Waals surface area contributed by atoms with Crippen LogP contribution in [0.4, 0.5) is 16.5 Å². The SMILES string of the molecule is CC1=Nc2ccccc2/C1=C\c1sc(Nc2ccc(Cl)cc2)nc1O. The van der Waals surface area contributed by atoms with Gasteiger partial charge in [-0.05, 0) is 43.3 Å². The number of nitrogens with one attached hydrogen (secondary N) is 1. The van der Waals surface area contributed by atoms with E-state index in [4.69, 9.17) is 11.6 Å². The van der Waals surface area contributed by atoms with Crippen molar-refractivity contribution in [3.63, 3.8) is 0 Å². The fraction of sp³-hybridized carbons (Fsp3) is 0.0526. The second-order valence-electron chi connectivity index (χ2n) is 5.61. The maximum Gasteiger partial charge on any atom is 0.231 e. The third-order valence-corrected chi connectivity index (χ3v) is 5.04. The molecule has 4 nitrogen and oxygen atoms in total. The van der Waals surface area contributed by atoms with E-state index in [9.17, 15) is 5.11 Å². The number of anilines is 2. The maximum atomic E-state index is 10.2.